The minimum atomic E-state index is -2.41. The van der Waals surface area contributed by atoms with Crippen LogP contribution in [-0.4, -0.2) is 55.9 Å². The summed E-state index contributed by atoms with van der Waals surface area (Å²) in [6.07, 6.45) is 5.33. The molecule has 0 N–H and O–H groups in total. The third-order valence-corrected chi connectivity index (χ3v) is 3.76. The summed E-state index contributed by atoms with van der Waals surface area (Å²) in [5.74, 6) is -2.03. The van der Waals surface area contributed by atoms with Gasteiger partial charge in [0, 0.05) is 20.8 Å². The zero-order valence-electron chi connectivity index (χ0n) is 17.8. The Morgan fingerprint density at radius 2 is 0.846 bits per heavy atom. The maximum atomic E-state index is 10.4. The zero-order valence-corrected chi connectivity index (χ0v) is 17.8. The molecule has 0 aromatic carbocycles. The Balaban J connectivity index is 0. The van der Waals surface area contributed by atoms with Crippen LogP contribution in [0.2, 0.25) is 0 Å². The maximum Gasteiger partial charge on any atom is 0.541 e. The third kappa shape index (κ3) is 14.8. The molecule has 7 nitrogen and oxygen atoms in total. The van der Waals surface area contributed by atoms with Crippen molar-refractivity contribution in [3.63, 3.8) is 0 Å². The number of carbonyl (C=O) groups excluding carboxylic acids is 3. The van der Waals surface area contributed by atoms with E-state index in [0.29, 0.717) is 0 Å². The molecule has 0 aliphatic heterocycles. The van der Waals surface area contributed by atoms with Gasteiger partial charge in [-0.25, -0.2) is 0 Å². The van der Waals surface area contributed by atoms with Gasteiger partial charge >= 0.3 is 7.32 Å². The molecule has 0 saturated carbocycles. The van der Waals surface area contributed by atoms with Gasteiger partial charge in [0.1, 0.15) is 0 Å². The fourth-order valence-corrected chi connectivity index (χ4v) is 3.15. The average Bonchev–Trinajstić information content (AvgIpc) is 2.46. The Kier molecular flexibility index (Phi) is 16.1. The number of nitrogens with zero attached hydrogens (tertiary/aromatic N) is 1. The van der Waals surface area contributed by atoms with E-state index in [1.54, 1.807) is 0 Å². The van der Waals surface area contributed by atoms with Crippen molar-refractivity contribution in [3.05, 3.63) is 0 Å². The Bertz CT molecular complexity index is 349. The van der Waals surface area contributed by atoms with Gasteiger partial charge in [-0.2, -0.15) is 0 Å². The quantitative estimate of drug-likeness (QED) is 0.408. The largest absolute Gasteiger partial charge is 0.625 e. The Morgan fingerprint density at radius 3 is 1.00 bits per heavy atom. The molecule has 0 unspecified atom stereocenters. The summed E-state index contributed by atoms with van der Waals surface area (Å²) < 4.78 is 14.7. The van der Waals surface area contributed by atoms with Crippen LogP contribution in [0.5, 0.6) is 0 Å². The van der Waals surface area contributed by atoms with Gasteiger partial charge in [-0.3, -0.25) is 14.4 Å². The molecule has 0 aliphatic rings. The fraction of sp³-hybridized carbons (Fsp3) is 0.833. The second kappa shape index (κ2) is 15.7. The lowest BCUT2D eigenvalue weighted by molar-refractivity contribution is -0.928. The molecule has 0 rings (SSSR count). The molecule has 0 fully saturated rings. The van der Waals surface area contributed by atoms with Gasteiger partial charge in [-0.1, -0.05) is 27.7 Å². The Hall–Kier alpha value is -1.57. The van der Waals surface area contributed by atoms with E-state index in [-0.39, 0.29) is 0 Å². The van der Waals surface area contributed by atoms with Crippen LogP contribution < -0.4 is 0 Å². The minimum absolute atomic E-state index is 0.678. The predicted octanol–water partition coefficient (Wildman–Crippen LogP) is 2.84. The summed E-state index contributed by atoms with van der Waals surface area (Å²) in [5.41, 5.74) is 0. The van der Waals surface area contributed by atoms with E-state index in [0.717, 1.165) is 20.8 Å². The van der Waals surface area contributed by atoms with Crippen LogP contribution in [0.15, 0.2) is 0 Å². The van der Waals surface area contributed by atoms with Gasteiger partial charge in [-0.15, -0.1) is 0 Å². The first-order chi connectivity index (χ1) is 12.2. The molecule has 0 aromatic rings. The van der Waals surface area contributed by atoms with Gasteiger partial charge < -0.3 is 18.4 Å². The number of quaternary nitrogens is 1. The molecule has 0 aliphatic carbocycles. The van der Waals surface area contributed by atoms with E-state index in [2.05, 4.69) is 41.7 Å². The first kappa shape index (κ1) is 26.7. The van der Waals surface area contributed by atoms with Crippen LogP contribution in [0.25, 0.3) is 0 Å². The van der Waals surface area contributed by atoms with Gasteiger partial charge in [0.2, 0.25) is 0 Å². The zero-order chi connectivity index (χ0) is 20.6. The normalized spacial score (nSPS) is 10.6. The molecule has 26 heavy (non-hydrogen) atoms. The molecule has 0 aromatic heterocycles. The van der Waals surface area contributed by atoms with Crippen molar-refractivity contribution in [2.75, 3.05) is 26.2 Å². The summed E-state index contributed by atoms with van der Waals surface area (Å²) in [6.45, 7) is 18.1. The van der Waals surface area contributed by atoms with Crippen molar-refractivity contribution >= 4 is 25.2 Å². The van der Waals surface area contributed by atoms with Gasteiger partial charge in [0.15, 0.2) is 0 Å². The lowest BCUT2D eigenvalue weighted by Crippen LogP contribution is -2.50. The predicted molar refractivity (Wildman–Crippen MR) is 103 cm³/mol. The second-order valence-corrected chi connectivity index (χ2v) is 6.50. The van der Waals surface area contributed by atoms with Gasteiger partial charge in [-0.05, 0) is 25.7 Å². The minimum Gasteiger partial charge on any atom is -0.625 e. The van der Waals surface area contributed by atoms with Crippen LogP contribution in [0.1, 0.15) is 74.1 Å². The molecular formula is C18H38BNO6. The SMILES string of the molecule is CC(=O)O[BH-](OC(C)=O)OC(C)=O.CCC[N+](CCC)(CCC)CCC. The van der Waals surface area contributed by atoms with Gasteiger partial charge in [0.25, 0.3) is 17.9 Å². The van der Waals surface area contributed by atoms with E-state index in [1.807, 2.05) is 0 Å². The molecule has 0 atom stereocenters. The molecule has 8 heteroatoms. The average molecular weight is 375 g/mol. The monoisotopic (exact) mass is 375 g/mol. The summed E-state index contributed by atoms with van der Waals surface area (Å²) in [7, 11) is -2.41. The second-order valence-electron chi connectivity index (χ2n) is 6.50. The molecular weight excluding hydrogens is 337 g/mol. The van der Waals surface area contributed by atoms with Crippen LogP contribution in [0.4, 0.5) is 0 Å². The van der Waals surface area contributed by atoms with E-state index < -0.39 is 25.2 Å². The number of rotatable bonds is 11. The molecule has 0 amide bonds. The first-order valence-corrected chi connectivity index (χ1v) is 9.68. The summed E-state index contributed by atoms with van der Waals surface area (Å²) >= 11 is 0. The van der Waals surface area contributed by atoms with Crippen LogP contribution >= 0.6 is 0 Å². The highest BCUT2D eigenvalue weighted by molar-refractivity contribution is 6.43. The molecule has 154 valence electrons. The third-order valence-electron chi connectivity index (χ3n) is 3.76. The van der Waals surface area contributed by atoms with E-state index in [1.165, 1.54) is 56.3 Å². The summed E-state index contributed by atoms with van der Waals surface area (Å²) in [5, 5.41) is 0. The highest BCUT2D eigenvalue weighted by atomic mass is 16.8. The molecule has 0 radical (unpaired) electrons. The van der Waals surface area contributed by atoms with Crippen molar-refractivity contribution < 1.29 is 32.8 Å². The number of hydrogen-bond acceptors (Lipinski definition) is 6. The smallest absolute Gasteiger partial charge is 0.541 e. The molecule has 0 bridgehead atoms. The molecule has 0 heterocycles. The van der Waals surface area contributed by atoms with E-state index in [9.17, 15) is 14.4 Å². The standard InChI is InChI=1S/C12H28N.C6H10BO6/c1-5-9-13(10-6-2,11-7-3)12-8-4;1-4(8)11-7(12-5(2)9)13-6(3)10/h5-12H2,1-4H3;7H,1-3H3/q+1;-1. The summed E-state index contributed by atoms with van der Waals surface area (Å²) in [4.78, 5) is 31.3. The first-order valence-electron chi connectivity index (χ1n) is 9.68. The number of hydrogen-bond donors (Lipinski definition) is 0. The summed E-state index contributed by atoms with van der Waals surface area (Å²) in [6, 6.07) is 0. The highest BCUT2D eigenvalue weighted by Gasteiger charge is 2.22. The lowest BCUT2D eigenvalue weighted by atomic mass is 10.2. The highest BCUT2D eigenvalue weighted by Crippen LogP contribution is 2.12. The lowest BCUT2D eigenvalue weighted by Gasteiger charge is -2.38. The van der Waals surface area contributed by atoms with Crippen LogP contribution in [-0.2, 0) is 28.3 Å². The van der Waals surface area contributed by atoms with Crippen LogP contribution in [0, 0.1) is 0 Å². The maximum absolute atomic E-state index is 10.4. The van der Waals surface area contributed by atoms with Crippen molar-refractivity contribution in [2.24, 2.45) is 0 Å². The Labute approximate surface area is 159 Å². The topological polar surface area (TPSA) is 78.9 Å². The van der Waals surface area contributed by atoms with Crippen molar-refractivity contribution in [3.8, 4) is 0 Å². The molecule has 0 saturated heterocycles. The van der Waals surface area contributed by atoms with E-state index in [4.69, 9.17) is 0 Å². The van der Waals surface area contributed by atoms with Crippen molar-refractivity contribution in [1.82, 2.24) is 0 Å². The van der Waals surface area contributed by atoms with Crippen molar-refractivity contribution in [1.29, 1.82) is 0 Å². The van der Waals surface area contributed by atoms with Crippen molar-refractivity contribution in [2.45, 2.75) is 74.1 Å². The van der Waals surface area contributed by atoms with Gasteiger partial charge in [0.05, 0.1) is 26.2 Å². The van der Waals surface area contributed by atoms with E-state index >= 15 is 0 Å². The number of carbonyl (C=O) groups is 3. The van der Waals surface area contributed by atoms with Crippen LogP contribution in [0.3, 0.4) is 0 Å². The Morgan fingerprint density at radius 1 is 0.615 bits per heavy atom. The molecule has 0 spiro atoms. The fourth-order valence-electron chi connectivity index (χ4n) is 3.15.